The second-order valence-corrected chi connectivity index (χ2v) is 13.3. The van der Waals surface area contributed by atoms with Gasteiger partial charge in [-0.05, 0) is 49.3 Å². The first-order chi connectivity index (χ1) is 14.7. The number of benzene rings is 2. The van der Waals surface area contributed by atoms with Crippen molar-refractivity contribution in [3.05, 3.63) is 65.7 Å². The zero-order valence-corrected chi connectivity index (χ0v) is 19.8. The van der Waals surface area contributed by atoms with E-state index in [1.807, 2.05) is 61.5 Å². The molecule has 3 atom stereocenters. The van der Waals surface area contributed by atoms with E-state index >= 15 is 0 Å². The summed E-state index contributed by atoms with van der Waals surface area (Å²) in [5.74, 6) is -0.0907. The standard InChI is InChI=1S/C24H31NO5Si/c1-17(22(30-31(3,4)5)19-11-13-21(28-2)14-12-19)23(26)25-20(16-29-24(25)27)15-18-9-7-6-8-10-18/h6-14,17,20,22H,15-16H2,1-5H3/t17-,20+,22+/m1/s1. The summed E-state index contributed by atoms with van der Waals surface area (Å²) in [7, 11) is -0.372. The maximum absolute atomic E-state index is 13.5. The van der Waals surface area contributed by atoms with Gasteiger partial charge in [0.05, 0.1) is 25.2 Å². The Labute approximate surface area is 185 Å². The molecule has 2 aromatic carbocycles. The molecular formula is C24H31NO5Si. The number of hydrogen-bond donors (Lipinski definition) is 0. The minimum absolute atomic E-state index is 0.203. The summed E-state index contributed by atoms with van der Waals surface area (Å²) in [6.07, 6.45) is -0.484. The van der Waals surface area contributed by atoms with Crippen LogP contribution in [-0.2, 0) is 20.4 Å². The number of carbonyl (C=O) groups excluding carboxylic acids is 2. The zero-order valence-electron chi connectivity index (χ0n) is 18.8. The monoisotopic (exact) mass is 441 g/mol. The van der Waals surface area contributed by atoms with Crippen molar-refractivity contribution >= 4 is 20.3 Å². The fourth-order valence-corrected chi connectivity index (χ4v) is 4.85. The van der Waals surface area contributed by atoms with E-state index in [9.17, 15) is 9.59 Å². The maximum Gasteiger partial charge on any atom is 0.416 e. The Morgan fingerprint density at radius 1 is 1.13 bits per heavy atom. The average Bonchev–Trinajstić information content (AvgIpc) is 3.11. The van der Waals surface area contributed by atoms with Gasteiger partial charge in [-0.15, -0.1) is 0 Å². The molecule has 3 rings (SSSR count). The molecule has 0 unspecified atom stereocenters. The predicted octanol–water partition coefficient (Wildman–Crippen LogP) is 4.81. The Morgan fingerprint density at radius 2 is 1.77 bits per heavy atom. The molecule has 2 aromatic rings. The molecule has 1 aliphatic heterocycles. The van der Waals surface area contributed by atoms with Gasteiger partial charge in [0.25, 0.3) is 0 Å². The summed E-state index contributed by atoms with van der Waals surface area (Å²) in [4.78, 5) is 27.3. The van der Waals surface area contributed by atoms with E-state index in [0.29, 0.717) is 6.42 Å². The number of carbonyl (C=O) groups is 2. The summed E-state index contributed by atoms with van der Waals surface area (Å²) in [5, 5.41) is 0. The molecule has 0 radical (unpaired) electrons. The Hall–Kier alpha value is -2.64. The van der Waals surface area contributed by atoms with E-state index < -0.39 is 26.4 Å². The topological polar surface area (TPSA) is 65.1 Å². The lowest BCUT2D eigenvalue weighted by atomic mass is 9.95. The van der Waals surface area contributed by atoms with E-state index in [2.05, 4.69) is 19.6 Å². The third-order valence-corrected chi connectivity index (χ3v) is 6.24. The highest BCUT2D eigenvalue weighted by Crippen LogP contribution is 2.33. The fourth-order valence-electron chi connectivity index (χ4n) is 3.75. The van der Waals surface area contributed by atoms with Crippen molar-refractivity contribution < 1.29 is 23.5 Å². The van der Waals surface area contributed by atoms with Crippen LogP contribution in [0.1, 0.15) is 24.2 Å². The van der Waals surface area contributed by atoms with E-state index in [-0.39, 0.29) is 18.6 Å². The van der Waals surface area contributed by atoms with Crippen molar-refractivity contribution in [2.75, 3.05) is 13.7 Å². The van der Waals surface area contributed by atoms with Gasteiger partial charge in [0.2, 0.25) is 5.91 Å². The highest BCUT2D eigenvalue weighted by molar-refractivity contribution is 6.69. The summed E-state index contributed by atoms with van der Waals surface area (Å²) in [6, 6.07) is 17.0. The van der Waals surface area contributed by atoms with Crippen LogP contribution in [0.4, 0.5) is 4.79 Å². The van der Waals surface area contributed by atoms with Crippen molar-refractivity contribution in [1.29, 1.82) is 0 Å². The van der Waals surface area contributed by atoms with Crippen molar-refractivity contribution in [3.63, 3.8) is 0 Å². The zero-order chi connectivity index (χ0) is 22.6. The molecular weight excluding hydrogens is 410 g/mol. The molecule has 0 spiro atoms. The summed E-state index contributed by atoms with van der Waals surface area (Å²) < 4.78 is 16.9. The van der Waals surface area contributed by atoms with Crippen LogP contribution in [0.25, 0.3) is 0 Å². The van der Waals surface area contributed by atoms with Gasteiger partial charge in [0.15, 0.2) is 8.32 Å². The van der Waals surface area contributed by atoms with E-state index in [1.165, 1.54) is 4.90 Å². The number of amides is 2. The van der Waals surface area contributed by atoms with Crippen LogP contribution in [-0.4, -0.2) is 45.0 Å². The lowest BCUT2D eigenvalue weighted by Crippen LogP contribution is -2.45. The van der Waals surface area contributed by atoms with E-state index in [4.69, 9.17) is 13.9 Å². The Bertz CT molecular complexity index is 894. The lowest BCUT2D eigenvalue weighted by molar-refractivity contribution is -0.136. The number of cyclic esters (lactones) is 1. The summed E-state index contributed by atoms with van der Waals surface area (Å²) in [6.45, 7) is 8.28. The van der Waals surface area contributed by atoms with Gasteiger partial charge >= 0.3 is 6.09 Å². The van der Waals surface area contributed by atoms with Gasteiger partial charge in [-0.2, -0.15) is 0 Å². The second-order valence-electron chi connectivity index (χ2n) is 8.84. The third-order valence-electron chi connectivity index (χ3n) is 5.28. The number of nitrogens with zero attached hydrogens (tertiary/aromatic N) is 1. The molecule has 1 saturated heterocycles. The SMILES string of the molecule is COc1ccc([C@@H](O[Si](C)(C)C)[C@@H](C)C(=O)N2C(=O)OC[C@@H]2Cc2ccccc2)cc1. The van der Waals surface area contributed by atoms with Crippen LogP contribution >= 0.6 is 0 Å². The van der Waals surface area contributed by atoms with Gasteiger partial charge in [0, 0.05) is 0 Å². The lowest BCUT2D eigenvalue weighted by Gasteiger charge is -2.33. The van der Waals surface area contributed by atoms with E-state index in [0.717, 1.165) is 16.9 Å². The van der Waals surface area contributed by atoms with Crippen molar-refractivity contribution in [2.24, 2.45) is 5.92 Å². The number of hydrogen-bond acceptors (Lipinski definition) is 5. The van der Waals surface area contributed by atoms with Crippen LogP contribution < -0.4 is 4.74 Å². The number of ether oxygens (including phenoxy) is 2. The minimum atomic E-state index is -1.99. The smallest absolute Gasteiger partial charge is 0.416 e. The van der Waals surface area contributed by atoms with Crippen molar-refractivity contribution in [2.45, 2.75) is 45.1 Å². The van der Waals surface area contributed by atoms with Crippen molar-refractivity contribution in [1.82, 2.24) is 4.90 Å². The highest BCUT2D eigenvalue weighted by atomic mass is 28.4. The van der Waals surface area contributed by atoms with Crippen LogP contribution in [0, 0.1) is 5.92 Å². The molecule has 1 heterocycles. The molecule has 166 valence electrons. The van der Waals surface area contributed by atoms with Gasteiger partial charge in [-0.3, -0.25) is 4.79 Å². The molecule has 1 fully saturated rings. The Morgan fingerprint density at radius 3 is 2.35 bits per heavy atom. The third kappa shape index (κ3) is 5.74. The molecule has 7 heteroatoms. The summed E-state index contributed by atoms with van der Waals surface area (Å²) >= 11 is 0. The molecule has 1 aliphatic rings. The molecule has 2 amide bonds. The van der Waals surface area contributed by atoms with Gasteiger partial charge < -0.3 is 13.9 Å². The van der Waals surface area contributed by atoms with Crippen molar-refractivity contribution in [3.8, 4) is 5.75 Å². The van der Waals surface area contributed by atoms with Gasteiger partial charge in [-0.1, -0.05) is 49.4 Å². The van der Waals surface area contributed by atoms with Crippen LogP contribution in [0.2, 0.25) is 19.6 Å². The minimum Gasteiger partial charge on any atom is -0.497 e. The quantitative estimate of drug-likeness (QED) is 0.550. The Balaban J connectivity index is 1.85. The second kappa shape index (κ2) is 9.66. The molecule has 6 nitrogen and oxygen atoms in total. The first-order valence-electron chi connectivity index (χ1n) is 10.5. The average molecular weight is 442 g/mol. The number of methoxy groups -OCH3 is 1. The largest absolute Gasteiger partial charge is 0.497 e. The molecule has 0 bridgehead atoms. The molecule has 0 aliphatic carbocycles. The van der Waals surface area contributed by atoms with Crippen LogP contribution in [0.5, 0.6) is 5.75 Å². The Kier molecular flexibility index (Phi) is 7.18. The normalized spacial score (nSPS) is 18.4. The van der Waals surface area contributed by atoms with Crippen LogP contribution in [0.15, 0.2) is 54.6 Å². The van der Waals surface area contributed by atoms with Crippen LogP contribution in [0.3, 0.4) is 0 Å². The number of imide groups is 1. The fraction of sp³-hybridized carbons (Fsp3) is 0.417. The molecule has 0 aromatic heterocycles. The molecule has 0 N–H and O–H groups in total. The first kappa shape index (κ1) is 23.0. The molecule has 31 heavy (non-hydrogen) atoms. The molecule has 0 saturated carbocycles. The number of rotatable bonds is 8. The highest BCUT2D eigenvalue weighted by Gasteiger charge is 2.42. The first-order valence-corrected chi connectivity index (χ1v) is 14.0. The van der Waals surface area contributed by atoms with Gasteiger partial charge in [-0.25, -0.2) is 9.69 Å². The van der Waals surface area contributed by atoms with E-state index in [1.54, 1.807) is 7.11 Å². The van der Waals surface area contributed by atoms with Gasteiger partial charge in [0.1, 0.15) is 12.4 Å². The maximum atomic E-state index is 13.5. The predicted molar refractivity (Wildman–Crippen MR) is 121 cm³/mol. The summed E-state index contributed by atoms with van der Waals surface area (Å²) in [5.41, 5.74) is 1.94.